The summed E-state index contributed by atoms with van der Waals surface area (Å²) < 4.78 is 17.5. The molecule has 104 valence electrons. The number of rotatable bonds is 10. The SMILES string of the molecule is CCO[Si](CCS[Si](C)(C)C)(OCC)OCC. The summed E-state index contributed by atoms with van der Waals surface area (Å²) in [5.74, 6) is 1.09. The van der Waals surface area contributed by atoms with Crippen LogP contribution >= 0.6 is 11.2 Å². The number of hydrogen-bond donors (Lipinski definition) is 0. The van der Waals surface area contributed by atoms with E-state index in [0.29, 0.717) is 19.8 Å². The molecule has 17 heavy (non-hydrogen) atoms. The third kappa shape index (κ3) is 8.39. The lowest BCUT2D eigenvalue weighted by Crippen LogP contribution is -2.46. The molecule has 0 N–H and O–H groups in total. The molecule has 3 nitrogen and oxygen atoms in total. The largest absolute Gasteiger partial charge is 0.501 e. The van der Waals surface area contributed by atoms with Crippen LogP contribution in [-0.2, 0) is 13.3 Å². The molecule has 0 radical (unpaired) electrons. The van der Waals surface area contributed by atoms with Gasteiger partial charge in [-0.1, -0.05) is 19.6 Å². The second kappa shape index (κ2) is 8.71. The van der Waals surface area contributed by atoms with Crippen molar-refractivity contribution < 1.29 is 13.3 Å². The first-order valence-corrected chi connectivity index (χ1v) is 13.6. The highest BCUT2D eigenvalue weighted by Gasteiger charge is 2.40. The van der Waals surface area contributed by atoms with Crippen LogP contribution in [0.1, 0.15) is 20.8 Å². The fourth-order valence-corrected chi connectivity index (χ4v) is 8.26. The zero-order valence-corrected chi connectivity index (χ0v) is 15.0. The van der Waals surface area contributed by atoms with Gasteiger partial charge in [-0.15, -0.1) is 0 Å². The third-order valence-electron chi connectivity index (χ3n) is 2.04. The van der Waals surface area contributed by atoms with Gasteiger partial charge in [0, 0.05) is 25.9 Å². The van der Waals surface area contributed by atoms with Crippen LogP contribution in [-0.4, -0.2) is 41.6 Å². The molecular weight excluding hydrogens is 268 g/mol. The van der Waals surface area contributed by atoms with Crippen molar-refractivity contribution in [1.82, 2.24) is 0 Å². The molecule has 0 saturated carbocycles. The van der Waals surface area contributed by atoms with Crippen LogP contribution in [0.2, 0.25) is 25.7 Å². The highest BCUT2D eigenvalue weighted by molar-refractivity contribution is 8.28. The second-order valence-electron chi connectivity index (χ2n) is 4.69. The van der Waals surface area contributed by atoms with Crippen molar-refractivity contribution in [2.45, 2.75) is 46.5 Å². The van der Waals surface area contributed by atoms with Crippen LogP contribution < -0.4 is 0 Å². The predicted molar refractivity (Wildman–Crippen MR) is 81.2 cm³/mol. The standard InChI is InChI=1S/C11H28O3SSi2/c1-7-12-17(13-8-2,14-9-3)11-10-15-16(4,5)6/h7-11H2,1-6H3. The summed E-state index contributed by atoms with van der Waals surface area (Å²) >= 11 is 2.07. The molecule has 0 aromatic heterocycles. The maximum absolute atomic E-state index is 5.82. The summed E-state index contributed by atoms with van der Waals surface area (Å²) in [4.78, 5) is 0. The van der Waals surface area contributed by atoms with E-state index in [1.54, 1.807) is 0 Å². The predicted octanol–water partition coefficient (Wildman–Crippen LogP) is 3.60. The van der Waals surface area contributed by atoms with E-state index in [9.17, 15) is 0 Å². The second-order valence-corrected chi connectivity index (χ2v) is 16.9. The minimum atomic E-state index is -2.39. The van der Waals surface area contributed by atoms with Crippen molar-refractivity contribution in [3.8, 4) is 0 Å². The smallest absolute Gasteiger partial charge is 0.374 e. The van der Waals surface area contributed by atoms with Crippen LogP contribution in [0.15, 0.2) is 0 Å². The first-order valence-electron chi connectivity index (χ1n) is 6.45. The van der Waals surface area contributed by atoms with Crippen molar-refractivity contribution in [3.05, 3.63) is 0 Å². The Morgan fingerprint density at radius 3 is 1.53 bits per heavy atom. The van der Waals surface area contributed by atoms with Gasteiger partial charge in [-0.3, -0.25) is 0 Å². The summed E-state index contributed by atoms with van der Waals surface area (Å²) in [6.07, 6.45) is 0. The van der Waals surface area contributed by atoms with Gasteiger partial charge < -0.3 is 13.3 Å². The van der Waals surface area contributed by atoms with E-state index >= 15 is 0 Å². The van der Waals surface area contributed by atoms with Gasteiger partial charge in [0.05, 0.1) is 0 Å². The average Bonchev–Trinajstić information content (AvgIpc) is 2.16. The van der Waals surface area contributed by atoms with Gasteiger partial charge in [-0.05, 0) is 26.5 Å². The van der Waals surface area contributed by atoms with E-state index in [1.165, 1.54) is 0 Å². The normalized spacial score (nSPS) is 13.1. The Labute approximate surface area is 113 Å². The van der Waals surface area contributed by atoms with Gasteiger partial charge in [0.25, 0.3) is 0 Å². The van der Waals surface area contributed by atoms with Crippen molar-refractivity contribution in [2.24, 2.45) is 0 Å². The minimum Gasteiger partial charge on any atom is -0.374 e. The Bertz CT molecular complexity index is 181. The molecule has 0 aromatic carbocycles. The Hall–Kier alpha value is 0.664. The molecule has 0 atom stereocenters. The van der Waals surface area contributed by atoms with Crippen LogP contribution in [0.25, 0.3) is 0 Å². The Morgan fingerprint density at radius 1 is 0.824 bits per heavy atom. The first-order chi connectivity index (χ1) is 7.89. The summed E-state index contributed by atoms with van der Waals surface area (Å²) in [5, 5.41) is 0. The van der Waals surface area contributed by atoms with Gasteiger partial charge in [0.1, 0.15) is 7.22 Å². The molecule has 0 aromatic rings. The van der Waals surface area contributed by atoms with E-state index in [2.05, 4.69) is 30.9 Å². The van der Waals surface area contributed by atoms with Crippen molar-refractivity contribution in [3.63, 3.8) is 0 Å². The van der Waals surface area contributed by atoms with Crippen molar-refractivity contribution in [1.29, 1.82) is 0 Å². The number of hydrogen-bond acceptors (Lipinski definition) is 4. The maximum Gasteiger partial charge on any atom is 0.501 e. The van der Waals surface area contributed by atoms with Gasteiger partial charge in [0.2, 0.25) is 0 Å². The lowest BCUT2D eigenvalue weighted by atomic mass is 10.9. The molecule has 0 heterocycles. The van der Waals surface area contributed by atoms with Gasteiger partial charge in [-0.2, -0.15) is 11.2 Å². The quantitative estimate of drug-likeness (QED) is 0.576. The summed E-state index contributed by atoms with van der Waals surface area (Å²) in [7, 11) is -3.45. The molecule has 0 aliphatic rings. The van der Waals surface area contributed by atoms with Crippen molar-refractivity contribution >= 4 is 27.2 Å². The van der Waals surface area contributed by atoms with Gasteiger partial charge in [-0.25, -0.2) is 0 Å². The van der Waals surface area contributed by atoms with Gasteiger partial charge in [0.15, 0.2) is 0 Å². The van der Waals surface area contributed by atoms with E-state index in [0.717, 1.165) is 11.8 Å². The summed E-state index contributed by atoms with van der Waals surface area (Å²) in [6.45, 7) is 15.1. The van der Waals surface area contributed by atoms with E-state index in [4.69, 9.17) is 13.3 Å². The van der Waals surface area contributed by atoms with Crippen LogP contribution in [0.3, 0.4) is 0 Å². The molecule has 0 saturated heterocycles. The molecule has 6 heteroatoms. The molecular formula is C11H28O3SSi2. The molecule has 0 aliphatic heterocycles. The molecule has 0 amide bonds. The first kappa shape index (κ1) is 17.7. The summed E-state index contributed by atoms with van der Waals surface area (Å²) in [5.41, 5.74) is 0. The third-order valence-corrected chi connectivity index (χ3v) is 9.93. The molecule has 0 bridgehead atoms. The molecule has 0 unspecified atom stereocenters. The van der Waals surface area contributed by atoms with Crippen molar-refractivity contribution in [2.75, 3.05) is 25.6 Å². The minimum absolute atomic E-state index is 0.670. The van der Waals surface area contributed by atoms with E-state index < -0.39 is 16.0 Å². The van der Waals surface area contributed by atoms with Crippen LogP contribution in [0.4, 0.5) is 0 Å². The Kier molecular flexibility index (Phi) is 9.05. The lowest BCUT2D eigenvalue weighted by molar-refractivity contribution is 0.0729. The average molecular weight is 297 g/mol. The Morgan fingerprint density at radius 2 is 1.24 bits per heavy atom. The zero-order valence-electron chi connectivity index (χ0n) is 12.2. The highest BCUT2D eigenvalue weighted by atomic mass is 32.4. The maximum atomic E-state index is 5.82. The Balaban J connectivity index is 4.33. The van der Waals surface area contributed by atoms with E-state index in [1.807, 2.05) is 20.8 Å². The molecule has 0 fully saturated rings. The van der Waals surface area contributed by atoms with E-state index in [-0.39, 0.29) is 0 Å². The monoisotopic (exact) mass is 296 g/mol. The van der Waals surface area contributed by atoms with Gasteiger partial charge >= 0.3 is 8.80 Å². The molecule has 0 aliphatic carbocycles. The highest BCUT2D eigenvalue weighted by Crippen LogP contribution is 2.25. The fourth-order valence-electron chi connectivity index (χ4n) is 1.48. The van der Waals surface area contributed by atoms with Crippen LogP contribution in [0, 0.1) is 0 Å². The lowest BCUT2D eigenvalue weighted by Gasteiger charge is -2.29. The summed E-state index contributed by atoms with van der Waals surface area (Å²) in [6, 6.07) is 0.928. The topological polar surface area (TPSA) is 27.7 Å². The fraction of sp³-hybridized carbons (Fsp3) is 1.00. The molecule has 0 spiro atoms. The molecule has 0 rings (SSSR count). The zero-order chi connectivity index (χ0) is 13.4. The van der Waals surface area contributed by atoms with Crippen LogP contribution in [0.5, 0.6) is 0 Å².